The fraction of sp³-hybridized carbons (Fsp3) is 0.438. The van der Waals surface area contributed by atoms with Gasteiger partial charge in [0.25, 0.3) is 0 Å². The lowest BCUT2D eigenvalue weighted by Crippen LogP contribution is -2.15. The van der Waals surface area contributed by atoms with E-state index in [2.05, 4.69) is 24.3 Å². The molecule has 0 saturated heterocycles. The highest BCUT2D eigenvalue weighted by molar-refractivity contribution is 7.12. The van der Waals surface area contributed by atoms with E-state index in [1.54, 1.807) is 0 Å². The van der Waals surface area contributed by atoms with Gasteiger partial charge in [-0.15, -0.1) is 11.3 Å². The first-order chi connectivity index (χ1) is 9.31. The van der Waals surface area contributed by atoms with Crippen molar-refractivity contribution in [3.63, 3.8) is 0 Å². The lowest BCUT2D eigenvalue weighted by molar-refractivity contribution is 0.572. The number of nitrogens with zero attached hydrogens (tertiary/aromatic N) is 1. The minimum atomic E-state index is 0.235. The number of rotatable bonds is 1. The number of thiazole rings is 1. The van der Waals surface area contributed by atoms with Gasteiger partial charge in [0.05, 0.1) is 10.7 Å². The van der Waals surface area contributed by atoms with E-state index in [9.17, 15) is 0 Å². The Morgan fingerprint density at radius 3 is 2.58 bits per heavy atom. The summed E-state index contributed by atoms with van der Waals surface area (Å²) >= 11 is 1.88. The van der Waals surface area contributed by atoms with Crippen molar-refractivity contribution in [1.29, 1.82) is 0 Å². The smallest absolute Gasteiger partial charge is 0.0969 e. The van der Waals surface area contributed by atoms with Crippen molar-refractivity contribution >= 4 is 11.3 Å². The predicted octanol–water partition coefficient (Wildman–Crippen LogP) is 3.36. The largest absolute Gasteiger partial charge is 0.323 e. The minimum Gasteiger partial charge on any atom is -0.323 e. The molecule has 2 nitrogen and oxygen atoms in total. The van der Waals surface area contributed by atoms with Crippen LogP contribution in [-0.2, 0) is 19.3 Å². The SMILES string of the molecule is NC1CCCc2nc(C3Cc4ccccc4C3)sc21. The van der Waals surface area contributed by atoms with Crippen molar-refractivity contribution in [2.24, 2.45) is 5.73 Å². The topological polar surface area (TPSA) is 38.9 Å². The summed E-state index contributed by atoms with van der Waals surface area (Å²) in [5.74, 6) is 0.584. The maximum Gasteiger partial charge on any atom is 0.0969 e. The standard InChI is InChI=1S/C16H18N2S/c17-13-6-3-7-14-15(13)19-16(18-14)12-8-10-4-1-2-5-11(10)9-12/h1-2,4-5,12-13H,3,6-9,17H2. The van der Waals surface area contributed by atoms with Crippen LogP contribution in [0.5, 0.6) is 0 Å². The molecule has 0 saturated carbocycles. The van der Waals surface area contributed by atoms with Gasteiger partial charge in [-0.3, -0.25) is 0 Å². The van der Waals surface area contributed by atoms with Gasteiger partial charge in [-0.1, -0.05) is 24.3 Å². The van der Waals surface area contributed by atoms with Crippen LogP contribution in [0.1, 0.15) is 51.5 Å². The van der Waals surface area contributed by atoms with Crippen LogP contribution in [0.4, 0.5) is 0 Å². The lowest BCUT2D eigenvalue weighted by Gasteiger charge is -2.15. The molecule has 1 atom stereocenters. The molecule has 1 heterocycles. The second-order valence-corrected chi connectivity index (χ2v) is 6.80. The van der Waals surface area contributed by atoms with Crippen LogP contribution in [0.25, 0.3) is 0 Å². The average molecular weight is 270 g/mol. The maximum atomic E-state index is 6.21. The fourth-order valence-corrected chi connectivity index (χ4v) is 4.63. The molecule has 3 heteroatoms. The molecule has 2 aromatic rings. The number of fused-ring (bicyclic) bond motifs is 2. The number of hydrogen-bond donors (Lipinski definition) is 1. The zero-order valence-corrected chi connectivity index (χ0v) is 11.7. The third-order valence-electron chi connectivity index (χ3n) is 4.41. The van der Waals surface area contributed by atoms with Gasteiger partial charge >= 0.3 is 0 Å². The van der Waals surface area contributed by atoms with Gasteiger partial charge in [-0.2, -0.15) is 0 Å². The summed E-state index contributed by atoms with van der Waals surface area (Å²) in [5.41, 5.74) is 10.5. The fourth-order valence-electron chi connectivity index (χ4n) is 3.38. The number of nitrogens with two attached hydrogens (primary N) is 1. The molecule has 0 radical (unpaired) electrons. The number of benzene rings is 1. The third kappa shape index (κ3) is 1.92. The van der Waals surface area contributed by atoms with E-state index in [1.807, 2.05) is 11.3 Å². The third-order valence-corrected chi connectivity index (χ3v) is 5.80. The van der Waals surface area contributed by atoms with Crippen molar-refractivity contribution in [2.45, 2.75) is 44.1 Å². The summed E-state index contributed by atoms with van der Waals surface area (Å²) in [7, 11) is 0. The van der Waals surface area contributed by atoms with Crippen LogP contribution in [0.3, 0.4) is 0 Å². The van der Waals surface area contributed by atoms with Gasteiger partial charge in [0, 0.05) is 16.8 Å². The van der Waals surface area contributed by atoms with E-state index in [4.69, 9.17) is 10.7 Å². The van der Waals surface area contributed by atoms with Gasteiger partial charge in [-0.05, 0) is 43.2 Å². The summed E-state index contributed by atoms with van der Waals surface area (Å²) in [6, 6.07) is 9.04. The normalized spacial score (nSPS) is 22.3. The highest BCUT2D eigenvalue weighted by Gasteiger charge is 2.28. The van der Waals surface area contributed by atoms with Gasteiger partial charge in [0.2, 0.25) is 0 Å². The van der Waals surface area contributed by atoms with Crippen molar-refractivity contribution in [3.8, 4) is 0 Å². The second-order valence-electron chi connectivity index (χ2n) is 5.74. The molecule has 4 rings (SSSR count). The first-order valence-corrected chi connectivity index (χ1v) is 7.95. The Morgan fingerprint density at radius 1 is 1.16 bits per heavy atom. The van der Waals surface area contributed by atoms with Gasteiger partial charge in [0.1, 0.15) is 0 Å². The molecular formula is C16H18N2S. The van der Waals surface area contributed by atoms with Crippen LogP contribution >= 0.6 is 11.3 Å². The summed E-state index contributed by atoms with van der Waals surface area (Å²) < 4.78 is 0. The Labute approximate surface area is 117 Å². The Bertz CT molecular complexity index is 592. The minimum absolute atomic E-state index is 0.235. The summed E-state index contributed by atoms with van der Waals surface area (Å²) in [6.07, 6.45) is 5.75. The highest BCUT2D eigenvalue weighted by atomic mass is 32.1. The average Bonchev–Trinajstić information content (AvgIpc) is 3.02. The zero-order chi connectivity index (χ0) is 12.8. The van der Waals surface area contributed by atoms with E-state index in [1.165, 1.54) is 33.1 Å². The van der Waals surface area contributed by atoms with Crippen molar-refractivity contribution in [1.82, 2.24) is 4.98 Å². The van der Waals surface area contributed by atoms with Crippen LogP contribution in [0.15, 0.2) is 24.3 Å². The Balaban J connectivity index is 1.65. The first kappa shape index (κ1) is 11.6. The second kappa shape index (κ2) is 4.43. The molecule has 2 aliphatic rings. The quantitative estimate of drug-likeness (QED) is 0.863. The predicted molar refractivity (Wildman–Crippen MR) is 78.6 cm³/mol. The van der Waals surface area contributed by atoms with Crippen molar-refractivity contribution < 1.29 is 0 Å². The van der Waals surface area contributed by atoms with Crippen LogP contribution in [-0.4, -0.2) is 4.98 Å². The molecule has 98 valence electrons. The van der Waals surface area contributed by atoms with Crippen molar-refractivity contribution in [2.75, 3.05) is 0 Å². The van der Waals surface area contributed by atoms with E-state index in [0.717, 1.165) is 25.7 Å². The van der Waals surface area contributed by atoms with Gasteiger partial charge in [-0.25, -0.2) is 4.98 Å². The van der Waals surface area contributed by atoms with E-state index < -0.39 is 0 Å². The van der Waals surface area contributed by atoms with Crippen molar-refractivity contribution in [3.05, 3.63) is 51.0 Å². The summed E-state index contributed by atoms with van der Waals surface area (Å²) in [6.45, 7) is 0. The molecule has 1 aromatic heterocycles. The molecule has 0 fully saturated rings. The molecule has 0 bridgehead atoms. The highest BCUT2D eigenvalue weighted by Crippen LogP contribution is 2.40. The zero-order valence-electron chi connectivity index (χ0n) is 10.9. The van der Waals surface area contributed by atoms with Crippen LogP contribution < -0.4 is 5.73 Å². The Morgan fingerprint density at radius 2 is 1.89 bits per heavy atom. The Kier molecular flexibility index (Phi) is 2.71. The van der Waals surface area contributed by atoms with Gasteiger partial charge in [0.15, 0.2) is 0 Å². The van der Waals surface area contributed by atoms with Crippen LogP contribution in [0, 0.1) is 0 Å². The maximum absolute atomic E-state index is 6.21. The molecule has 19 heavy (non-hydrogen) atoms. The van der Waals surface area contributed by atoms with E-state index >= 15 is 0 Å². The van der Waals surface area contributed by atoms with E-state index in [0.29, 0.717) is 5.92 Å². The number of hydrogen-bond acceptors (Lipinski definition) is 3. The first-order valence-electron chi connectivity index (χ1n) is 7.13. The monoisotopic (exact) mass is 270 g/mol. The molecule has 2 N–H and O–H groups in total. The lowest BCUT2D eigenvalue weighted by atomic mass is 9.99. The van der Waals surface area contributed by atoms with E-state index in [-0.39, 0.29) is 6.04 Å². The summed E-state index contributed by atoms with van der Waals surface area (Å²) in [5, 5.41) is 1.32. The Hall–Kier alpha value is -1.19. The number of aromatic nitrogens is 1. The summed E-state index contributed by atoms with van der Waals surface area (Å²) in [4.78, 5) is 6.26. The molecule has 1 unspecified atom stereocenters. The molecule has 2 aliphatic carbocycles. The van der Waals surface area contributed by atoms with Crippen LogP contribution in [0.2, 0.25) is 0 Å². The number of aryl methyl sites for hydroxylation is 1. The van der Waals surface area contributed by atoms with Gasteiger partial charge < -0.3 is 5.73 Å². The molecule has 0 spiro atoms. The molecular weight excluding hydrogens is 252 g/mol. The molecule has 0 amide bonds. The molecule has 0 aliphatic heterocycles. The molecule has 1 aromatic carbocycles.